The summed E-state index contributed by atoms with van der Waals surface area (Å²) in [6.45, 7) is 5.78. The molecular weight excluding hydrogens is 385 g/mol. The van der Waals surface area contributed by atoms with E-state index in [4.69, 9.17) is 27.9 Å². The summed E-state index contributed by atoms with van der Waals surface area (Å²) in [5.74, 6) is 0.347. The molecule has 0 fully saturated rings. The van der Waals surface area contributed by atoms with Crippen LogP contribution in [0.4, 0.5) is 5.69 Å². The summed E-state index contributed by atoms with van der Waals surface area (Å²) in [6.07, 6.45) is 0. The van der Waals surface area contributed by atoms with Gasteiger partial charge >= 0.3 is 0 Å². The smallest absolute Gasteiger partial charge is 0.256 e. The minimum absolute atomic E-state index is 0.161. The highest BCUT2D eigenvalue weighted by molar-refractivity contribution is 6.35. The van der Waals surface area contributed by atoms with Gasteiger partial charge in [-0.05, 0) is 50.6 Å². The third kappa shape index (κ3) is 4.26. The summed E-state index contributed by atoms with van der Waals surface area (Å²) in [4.78, 5) is 12.6. The lowest BCUT2D eigenvalue weighted by molar-refractivity contribution is 0.102. The van der Waals surface area contributed by atoms with Gasteiger partial charge in [0.2, 0.25) is 0 Å². The van der Waals surface area contributed by atoms with Crippen molar-refractivity contribution < 1.29 is 9.53 Å². The van der Waals surface area contributed by atoms with Crippen LogP contribution < -0.4 is 10.1 Å². The van der Waals surface area contributed by atoms with Crippen LogP contribution in [0.25, 0.3) is 0 Å². The summed E-state index contributed by atoms with van der Waals surface area (Å²) in [7, 11) is 0. The number of nitrogens with one attached hydrogen (secondary N) is 1. The second-order valence-electron chi connectivity index (χ2n) is 6.16. The summed E-state index contributed by atoms with van der Waals surface area (Å²) in [5, 5.41) is 8.37. The standard InChI is InChI=1S/C20H19Cl2N3O2/c1-12-6-4-5-7-16(12)20(26)23-19-13(2)24-25(14(19)3)11-27-18-9-8-15(21)10-17(18)22/h4-10H,11H2,1-3H3,(H,23,26). The van der Waals surface area contributed by atoms with Gasteiger partial charge in [-0.15, -0.1) is 0 Å². The Labute approximate surface area is 167 Å². The largest absolute Gasteiger partial charge is 0.470 e. The Bertz CT molecular complexity index is 999. The summed E-state index contributed by atoms with van der Waals surface area (Å²) < 4.78 is 7.41. The van der Waals surface area contributed by atoms with Crippen molar-refractivity contribution in [1.29, 1.82) is 0 Å². The Hall–Kier alpha value is -2.50. The average Bonchev–Trinajstić information content (AvgIpc) is 2.89. The first kappa shape index (κ1) is 19.3. The number of amides is 1. The third-order valence-electron chi connectivity index (χ3n) is 4.25. The monoisotopic (exact) mass is 403 g/mol. The van der Waals surface area contributed by atoms with E-state index < -0.39 is 0 Å². The van der Waals surface area contributed by atoms with E-state index in [9.17, 15) is 4.79 Å². The van der Waals surface area contributed by atoms with E-state index in [-0.39, 0.29) is 12.6 Å². The predicted octanol–water partition coefficient (Wildman–Crippen LogP) is 5.40. The Kier molecular flexibility index (Phi) is 5.73. The molecule has 7 heteroatoms. The Morgan fingerprint density at radius 2 is 1.89 bits per heavy atom. The van der Waals surface area contributed by atoms with E-state index in [0.29, 0.717) is 32.7 Å². The minimum atomic E-state index is -0.166. The van der Waals surface area contributed by atoms with Crippen molar-refractivity contribution in [1.82, 2.24) is 9.78 Å². The Balaban J connectivity index is 1.76. The number of anilines is 1. The molecule has 27 heavy (non-hydrogen) atoms. The van der Waals surface area contributed by atoms with Crippen LogP contribution in [0.5, 0.6) is 5.75 Å². The van der Waals surface area contributed by atoms with Gasteiger partial charge in [-0.2, -0.15) is 5.10 Å². The molecule has 0 spiro atoms. The second kappa shape index (κ2) is 8.03. The molecule has 1 aromatic heterocycles. The molecule has 1 heterocycles. The lowest BCUT2D eigenvalue weighted by Crippen LogP contribution is -2.15. The molecule has 3 rings (SSSR count). The zero-order valence-electron chi connectivity index (χ0n) is 15.2. The average molecular weight is 404 g/mol. The fourth-order valence-corrected chi connectivity index (χ4v) is 3.20. The lowest BCUT2D eigenvalue weighted by Gasteiger charge is -2.10. The van der Waals surface area contributed by atoms with Gasteiger partial charge in [0.25, 0.3) is 5.91 Å². The van der Waals surface area contributed by atoms with Gasteiger partial charge in [-0.25, -0.2) is 4.68 Å². The highest BCUT2D eigenvalue weighted by atomic mass is 35.5. The molecule has 5 nitrogen and oxygen atoms in total. The fourth-order valence-electron chi connectivity index (χ4n) is 2.74. The molecule has 3 aromatic rings. The number of carbonyl (C=O) groups excluding carboxylic acids is 1. The molecule has 2 aromatic carbocycles. The highest BCUT2D eigenvalue weighted by Gasteiger charge is 2.16. The quantitative estimate of drug-likeness (QED) is 0.619. The van der Waals surface area contributed by atoms with E-state index in [0.717, 1.165) is 11.3 Å². The first-order chi connectivity index (χ1) is 12.9. The van der Waals surface area contributed by atoms with Crippen molar-refractivity contribution in [2.75, 3.05) is 5.32 Å². The summed E-state index contributed by atoms with van der Waals surface area (Å²) in [6, 6.07) is 12.5. The first-order valence-electron chi connectivity index (χ1n) is 8.35. The van der Waals surface area contributed by atoms with Gasteiger partial charge in [-0.3, -0.25) is 4.79 Å². The van der Waals surface area contributed by atoms with Crippen molar-refractivity contribution in [2.45, 2.75) is 27.5 Å². The maximum absolute atomic E-state index is 12.6. The van der Waals surface area contributed by atoms with Crippen LogP contribution in [0.3, 0.4) is 0 Å². The molecule has 1 amide bonds. The summed E-state index contributed by atoms with van der Waals surface area (Å²) >= 11 is 12.0. The van der Waals surface area contributed by atoms with Gasteiger partial charge in [0.05, 0.1) is 22.1 Å². The molecule has 0 unspecified atom stereocenters. The highest BCUT2D eigenvalue weighted by Crippen LogP contribution is 2.28. The van der Waals surface area contributed by atoms with Crippen LogP contribution in [-0.4, -0.2) is 15.7 Å². The minimum Gasteiger partial charge on any atom is -0.470 e. The van der Waals surface area contributed by atoms with Crippen LogP contribution in [0, 0.1) is 20.8 Å². The normalized spacial score (nSPS) is 10.7. The van der Waals surface area contributed by atoms with Gasteiger partial charge in [-0.1, -0.05) is 41.4 Å². The van der Waals surface area contributed by atoms with Crippen molar-refractivity contribution >= 4 is 34.8 Å². The van der Waals surface area contributed by atoms with Gasteiger partial charge in [0, 0.05) is 10.6 Å². The number of halogens is 2. The van der Waals surface area contributed by atoms with Crippen LogP contribution in [-0.2, 0) is 6.73 Å². The molecule has 0 aliphatic rings. The first-order valence-corrected chi connectivity index (χ1v) is 9.11. The number of nitrogens with zero attached hydrogens (tertiary/aromatic N) is 2. The van der Waals surface area contributed by atoms with Crippen LogP contribution in [0.15, 0.2) is 42.5 Å². The number of rotatable bonds is 5. The van der Waals surface area contributed by atoms with Crippen molar-refractivity contribution in [3.8, 4) is 5.75 Å². The third-order valence-corrected chi connectivity index (χ3v) is 4.78. The predicted molar refractivity (Wildman–Crippen MR) is 108 cm³/mol. The van der Waals surface area contributed by atoms with Crippen LogP contribution >= 0.6 is 23.2 Å². The maximum Gasteiger partial charge on any atom is 0.256 e. The maximum atomic E-state index is 12.6. The SMILES string of the molecule is Cc1ccccc1C(=O)Nc1c(C)nn(COc2ccc(Cl)cc2Cl)c1C. The molecule has 0 saturated heterocycles. The van der Waals surface area contributed by atoms with Crippen molar-refractivity contribution in [2.24, 2.45) is 0 Å². The van der Waals surface area contributed by atoms with Crippen LogP contribution in [0.2, 0.25) is 10.0 Å². The molecule has 0 bridgehead atoms. The fraction of sp³-hybridized carbons (Fsp3) is 0.200. The lowest BCUT2D eigenvalue weighted by atomic mass is 10.1. The van der Waals surface area contributed by atoms with Gasteiger partial charge in [0.1, 0.15) is 5.75 Å². The molecule has 140 valence electrons. The van der Waals surface area contributed by atoms with E-state index in [1.54, 1.807) is 28.9 Å². The second-order valence-corrected chi connectivity index (χ2v) is 7.01. The molecule has 0 aliphatic carbocycles. The molecular formula is C20H19Cl2N3O2. The summed E-state index contributed by atoms with van der Waals surface area (Å²) in [5.41, 5.74) is 3.72. The number of ether oxygens (including phenoxy) is 1. The zero-order valence-corrected chi connectivity index (χ0v) is 16.7. The molecule has 0 aliphatic heterocycles. The van der Waals surface area contributed by atoms with E-state index in [2.05, 4.69) is 10.4 Å². The number of hydrogen-bond acceptors (Lipinski definition) is 3. The number of aromatic nitrogens is 2. The topological polar surface area (TPSA) is 56.2 Å². The van der Waals surface area contributed by atoms with Crippen molar-refractivity contribution in [3.05, 3.63) is 75.0 Å². The molecule has 0 saturated carbocycles. The molecule has 0 atom stereocenters. The molecule has 1 N–H and O–H groups in total. The van der Waals surface area contributed by atoms with Gasteiger partial charge in [0.15, 0.2) is 6.73 Å². The molecule has 0 radical (unpaired) electrons. The number of benzene rings is 2. The van der Waals surface area contributed by atoms with Crippen molar-refractivity contribution in [3.63, 3.8) is 0 Å². The van der Waals surface area contributed by atoms with E-state index in [1.807, 2.05) is 39.0 Å². The zero-order chi connectivity index (χ0) is 19.6. The van der Waals surface area contributed by atoms with E-state index >= 15 is 0 Å². The number of carbonyl (C=O) groups is 1. The van der Waals surface area contributed by atoms with E-state index in [1.165, 1.54) is 0 Å². The van der Waals surface area contributed by atoms with Gasteiger partial charge < -0.3 is 10.1 Å². The number of hydrogen-bond donors (Lipinski definition) is 1. The number of aryl methyl sites for hydroxylation is 2. The Morgan fingerprint density at radius 1 is 1.15 bits per heavy atom. The van der Waals surface area contributed by atoms with Crippen LogP contribution in [0.1, 0.15) is 27.3 Å². The Morgan fingerprint density at radius 3 is 2.59 bits per heavy atom.